The van der Waals surface area contributed by atoms with E-state index in [1.54, 1.807) is 97.4 Å². The summed E-state index contributed by atoms with van der Waals surface area (Å²) < 4.78 is 54.1. The summed E-state index contributed by atoms with van der Waals surface area (Å²) in [6.45, 7) is 6.39. The normalized spacial score (nSPS) is 33.3. The number of hydrogen-bond donors (Lipinski definition) is 18. The van der Waals surface area contributed by atoms with Gasteiger partial charge in [0.05, 0.1) is 181 Å². The number of nitrogens with zero attached hydrogens (tertiary/aromatic N) is 23. The third kappa shape index (κ3) is 14.4. The molecule has 134 heavy (non-hydrogen) atoms. The summed E-state index contributed by atoms with van der Waals surface area (Å²) in [6.07, 6.45) is -1.25. The van der Waals surface area contributed by atoms with Crippen molar-refractivity contribution in [1.29, 1.82) is 42.1 Å². The fourth-order valence-corrected chi connectivity index (χ4v) is 17.9. The molecule has 24 atom stereocenters. The van der Waals surface area contributed by atoms with E-state index in [-0.39, 0.29) is 24.6 Å². The van der Waals surface area contributed by atoms with Crippen LogP contribution in [0.2, 0.25) is 0 Å². The zero-order valence-electron chi connectivity index (χ0n) is 72.8. The molecule has 18 heterocycles. The van der Waals surface area contributed by atoms with Crippen LogP contribution in [0.3, 0.4) is 0 Å². The maximum absolute atomic E-state index is 10.5. The van der Waals surface area contributed by atoms with E-state index in [9.17, 15) is 103 Å². The molecule has 6 fully saturated rings. The highest BCUT2D eigenvalue weighted by atomic mass is 16.7. The summed E-state index contributed by atoms with van der Waals surface area (Å²) in [5, 5.41) is 221. The van der Waals surface area contributed by atoms with Gasteiger partial charge in [-0.15, -0.1) is 0 Å². The van der Waals surface area contributed by atoms with Crippen LogP contribution in [-0.4, -0.2) is 261 Å². The molecule has 0 radical (unpaired) electrons. The van der Waals surface area contributed by atoms with E-state index >= 15 is 0 Å². The van der Waals surface area contributed by atoms with Crippen molar-refractivity contribution in [1.82, 2.24) is 72.6 Å². The van der Waals surface area contributed by atoms with Gasteiger partial charge in [-0.1, -0.05) is 0 Å². The molecule has 49 heteroatoms. The van der Waals surface area contributed by atoms with Gasteiger partial charge in [-0.2, -0.15) is 72.7 Å². The number of anilines is 6. The predicted molar refractivity (Wildman–Crippen MR) is 459 cm³/mol. The Morgan fingerprint density at radius 1 is 0.321 bits per heavy atom. The highest BCUT2D eigenvalue weighted by Crippen LogP contribution is 2.58. The summed E-state index contributed by atoms with van der Waals surface area (Å²) in [6, 6.07) is 36.2. The lowest BCUT2D eigenvalue weighted by Gasteiger charge is -2.36. The second-order valence-electron chi connectivity index (χ2n) is 33.3. The van der Waals surface area contributed by atoms with Crippen LogP contribution in [0, 0.1) is 123 Å². The third-order valence-corrected chi connectivity index (χ3v) is 26.0. The highest BCUT2D eigenvalue weighted by molar-refractivity contribution is 5.72. The lowest BCUT2D eigenvalue weighted by atomic mass is 9.71. The van der Waals surface area contributed by atoms with E-state index in [0.717, 1.165) is 0 Å². The highest BCUT2D eigenvalue weighted by Gasteiger charge is 2.71. The van der Waals surface area contributed by atoms with Gasteiger partial charge in [-0.3, -0.25) is 0 Å². The summed E-state index contributed by atoms with van der Waals surface area (Å²) in [7, 11) is 2.74. The Balaban J connectivity index is 0.000000136. The minimum atomic E-state index is -1.85. The first-order valence-corrected chi connectivity index (χ1v) is 40.9. The molecule has 12 aromatic heterocycles. The van der Waals surface area contributed by atoms with Crippen molar-refractivity contribution in [2.24, 2.45) is 32.5 Å². The maximum atomic E-state index is 10.5. The second-order valence-corrected chi connectivity index (χ2v) is 33.3. The van der Waals surface area contributed by atoms with E-state index in [1.165, 1.54) is 114 Å². The van der Waals surface area contributed by atoms with E-state index in [0.29, 0.717) is 90.4 Å². The largest absolute Gasteiger partial charge is 0.397 e. The number of nitrogen functional groups attached to an aromatic ring is 6. The number of methoxy groups -OCH3 is 2. The Morgan fingerprint density at radius 2 is 0.627 bits per heavy atom. The van der Waals surface area contributed by atoms with Gasteiger partial charge in [0.2, 0.25) is 22.8 Å². The Bertz CT molecular complexity index is 6380. The Hall–Kier alpha value is -14.2. The molecule has 0 spiro atoms. The number of hydrogen-bond acceptors (Lipinski definition) is 43. The standard InChI is InChI=1S/C15H15N5O3.C15H18N4O4.C14H14N6O3.C14H17N5O4.C14H16N4O3.C13H15N5O3/c1-14(7-16)13(22)11(6-21)23-15(14,8-17)12-3-2-10-9(18)4-5-19-20(10)12;1-14(8-16)13(21)11(7-20)23-15(14,22-2)12-4-3-10-9(17)5-6-18-19(10)12;1-13(6-15)11(22)9(5-21)23-14(13,7-16)10-4-18-12-8(17)2-3-19-20(10)12;1-13(7-15)11(21)9(6-20)23-14(13,22-2)10-5-17-12-8(16)3-4-18-19(10)12;1-14(7-15)12(20)11(6-19)21-13(14)10-3-2-9-8(16)4-5-17-18(9)10;1-13(6-14)10(20)9(5-19)21-11(13)8-4-16-12-7(15)2-3-17-18(8)12/h2-5,11,13,21-22H,6,18H2,1H3;3-6,11,13,20-21H,7,17H2,1-2H3;2-4,9,11,21-22H,5,17H2,1H3;3-5,9,11,20-21H,6,16H2,1-2H3;2-5,11-13,19-20H,6,16H2,1H3;2-4,9-11,19-20H,5,15H2,1H3/t2*11-,13-,14-,15+;2*9-,11-,13-,14+;11-,12-,13+,14-;9-,10-,11+,13-/m111111/s1. The zero-order chi connectivity index (χ0) is 97.7. The SMILES string of the molecule is CO[C@@]1(c2ccc3c(N)ccnn23)O[C@H](CO)[C@@H](O)[C@@]1(C)C#N.CO[C@@]1(c2cnc3c(N)ccnn23)O[C@H](CO)[C@@H](O)[C@@]1(C)C#N.C[C@@]1(C#N)[C@H](O)[C@@H](CO)O[C@@]1(C#N)c1ccc2c(N)ccnn12.C[C@@]1(C#N)[C@H](O)[C@@H](CO)O[C@@]1(C#N)c1cnc2c(N)ccnn12.C[C@@]1(C#N)[C@H](O)[C@@H](CO)O[C@H]1c1ccc2c(N)ccnn12.C[C@@]1(C#N)[C@H](O)[C@@H](CO)O[C@H]1c1cnc2c(N)ccnn12. The summed E-state index contributed by atoms with van der Waals surface area (Å²) in [5.74, 6) is -3.25. The molecule has 6 aliphatic heterocycles. The summed E-state index contributed by atoms with van der Waals surface area (Å²) in [4.78, 5) is 12.5. The smallest absolute Gasteiger partial charge is 0.235 e. The van der Waals surface area contributed by atoms with E-state index < -0.39 is 167 Å². The lowest BCUT2D eigenvalue weighted by molar-refractivity contribution is -0.259. The molecule has 24 N–H and O–H groups in total. The van der Waals surface area contributed by atoms with Gasteiger partial charge in [0.25, 0.3) is 0 Å². The first kappa shape index (κ1) is 97.4. The van der Waals surface area contributed by atoms with E-state index in [1.807, 2.05) is 24.3 Å². The molecule has 49 nitrogen and oxygen atoms in total. The average Bonchev–Trinajstić information content (AvgIpc) is 1.56. The molecule has 0 aromatic carbocycles. The number of imidazole rings is 3. The Morgan fingerprint density at radius 3 is 1.02 bits per heavy atom. The Labute approximate surface area is 760 Å². The molecular formula is C85H95N29O20. The summed E-state index contributed by atoms with van der Waals surface area (Å²) in [5.41, 5.74) is 31.1. The van der Waals surface area contributed by atoms with Gasteiger partial charge in [-0.05, 0) is 114 Å². The van der Waals surface area contributed by atoms with Crippen LogP contribution in [0.5, 0.6) is 0 Å². The molecule has 0 aliphatic carbocycles. The molecular weight excluding hydrogens is 1750 g/mol. The van der Waals surface area contributed by atoms with Crippen molar-refractivity contribution in [2.45, 2.75) is 150 Å². The number of aromatic nitrogens is 15. The maximum Gasteiger partial charge on any atom is 0.235 e. The molecule has 0 saturated carbocycles. The first-order valence-electron chi connectivity index (χ1n) is 40.9. The van der Waals surface area contributed by atoms with Gasteiger partial charge in [0.1, 0.15) is 147 Å². The van der Waals surface area contributed by atoms with Crippen LogP contribution < -0.4 is 34.4 Å². The van der Waals surface area contributed by atoms with Gasteiger partial charge >= 0.3 is 0 Å². The fourth-order valence-electron chi connectivity index (χ4n) is 17.9. The monoisotopic (exact) mass is 1840 g/mol. The Kier molecular flexibility index (Phi) is 26.7. The summed E-state index contributed by atoms with van der Waals surface area (Å²) >= 11 is 0. The van der Waals surface area contributed by atoms with Crippen molar-refractivity contribution < 1.29 is 99.2 Å². The van der Waals surface area contributed by atoms with Crippen LogP contribution in [-0.2, 0) is 60.7 Å². The number of aliphatic hydroxyl groups excluding tert-OH is 12. The van der Waals surface area contributed by atoms with Crippen LogP contribution in [0.25, 0.3) is 33.5 Å². The molecule has 700 valence electrons. The molecule has 0 unspecified atom stereocenters. The molecule has 12 aromatic rings. The number of aliphatic hydroxyl groups is 12. The topological polar surface area (TPSA) is 806 Å². The van der Waals surface area contributed by atoms with Crippen molar-refractivity contribution in [3.8, 4) is 48.6 Å². The second kappa shape index (κ2) is 36.8. The van der Waals surface area contributed by atoms with Crippen LogP contribution in [0.15, 0.2) is 129 Å². The number of fused-ring (bicyclic) bond motifs is 6. The minimum Gasteiger partial charge on any atom is -0.397 e. The first-order chi connectivity index (χ1) is 63.8. The minimum absolute atomic E-state index is 0.168. The molecule has 0 amide bonds. The van der Waals surface area contributed by atoms with E-state index in [2.05, 4.69) is 69.8 Å². The molecule has 0 bridgehead atoms. The lowest BCUT2D eigenvalue weighted by Crippen LogP contribution is -2.47. The third-order valence-electron chi connectivity index (χ3n) is 26.0. The fraction of sp³-hybridized carbons (Fsp3) is 0.447. The van der Waals surface area contributed by atoms with Crippen LogP contribution >= 0.6 is 0 Å². The van der Waals surface area contributed by atoms with Crippen molar-refractivity contribution >= 4 is 67.6 Å². The quantitative estimate of drug-likeness (QED) is 0.0589. The van der Waals surface area contributed by atoms with Crippen LogP contribution in [0.4, 0.5) is 34.1 Å². The van der Waals surface area contributed by atoms with Gasteiger partial charge < -0.3 is 134 Å². The average molecular weight is 1840 g/mol. The van der Waals surface area contributed by atoms with Crippen LogP contribution in [0.1, 0.15) is 87.9 Å². The van der Waals surface area contributed by atoms with Crippen molar-refractivity contribution in [3.63, 3.8) is 0 Å². The van der Waals surface area contributed by atoms with E-state index in [4.69, 9.17) is 72.3 Å². The van der Waals surface area contributed by atoms with Crippen molar-refractivity contribution in [3.05, 3.63) is 163 Å². The zero-order valence-corrected chi connectivity index (χ0v) is 72.8. The number of ether oxygens (including phenoxy) is 8. The number of nitriles is 8. The number of rotatable bonds is 14. The number of nitrogens with two attached hydrogens (primary N) is 6. The molecule has 18 rings (SSSR count). The molecule has 6 aliphatic rings. The van der Waals surface area contributed by atoms with Crippen molar-refractivity contribution in [2.75, 3.05) is 88.3 Å². The van der Waals surface area contributed by atoms with Gasteiger partial charge in [-0.25, -0.2) is 42.0 Å². The van der Waals surface area contributed by atoms with Gasteiger partial charge in [0, 0.05) is 32.8 Å². The predicted octanol–water partition coefficient (Wildman–Crippen LogP) is -1.51. The van der Waals surface area contributed by atoms with Gasteiger partial charge in [0.15, 0.2) is 16.9 Å². The molecule has 6 saturated heterocycles.